The molecule has 0 aliphatic heterocycles. The molecule has 0 unspecified atom stereocenters. The highest BCUT2D eigenvalue weighted by Crippen LogP contribution is 2.29. The van der Waals surface area contributed by atoms with Gasteiger partial charge in [-0.3, -0.25) is 0 Å². The predicted molar refractivity (Wildman–Crippen MR) is 86.0 cm³/mol. The van der Waals surface area contributed by atoms with E-state index >= 15 is 0 Å². The Balaban J connectivity index is 2.02. The lowest BCUT2D eigenvalue weighted by molar-refractivity contribution is 0.976. The second kappa shape index (κ2) is 5.46. The van der Waals surface area contributed by atoms with Crippen molar-refractivity contribution in [2.24, 2.45) is 0 Å². The summed E-state index contributed by atoms with van der Waals surface area (Å²) in [7, 11) is 1.91. The van der Waals surface area contributed by atoms with Crippen molar-refractivity contribution in [2.75, 3.05) is 12.4 Å². The van der Waals surface area contributed by atoms with Crippen LogP contribution in [0.1, 0.15) is 28.3 Å². The van der Waals surface area contributed by atoms with Crippen molar-refractivity contribution >= 4 is 38.7 Å². The van der Waals surface area contributed by atoms with Crippen LogP contribution in [-0.2, 0) is 12.8 Å². The van der Waals surface area contributed by atoms with Crippen LogP contribution < -0.4 is 5.32 Å². The minimum absolute atomic E-state index is 0.697. The molecule has 4 nitrogen and oxygen atoms in total. The number of nitrogens with zero attached hydrogens (tertiary/aromatic N) is 3. The molecule has 0 amide bonds. The summed E-state index contributed by atoms with van der Waals surface area (Å²) in [5.74, 6) is 1.75. The van der Waals surface area contributed by atoms with Gasteiger partial charge in [0.15, 0.2) is 0 Å². The van der Waals surface area contributed by atoms with Crippen LogP contribution in [0.25, 0.3) is 10.2 Å². The van der Waals surface area contributed by atoms with Crippen LogP contribution in [0.4, 0.5) is 5.82 Å². The number of rotatable bonds is 4. The average Bonchev–Trinajstić information content (AvgIpc) is 3.03. The molecule has 0 atom stereocenters. The Kier molecular flexibility index (Phi) is 3.67. The van der Waals surface area contributed by atoms with Crippen LogP contribution in [0.2, 0.25) is 0 Å². The normalized spacial score (nSPS) is 11.2. The van der Waals surface area contributed by atoms with Crippen LogP contribution in [0, 0.1) is 6.92 Å². The zero-order valence-electron chi connectivity index (χ0n) is 11.7. The molecule has 3 aromatic rings. The maximum absolute atomic E-state index is 4.69. The van der Waals surface area contributed by atoms with Crippen LogP contribution in [0.3, 0.4) is 0 Å². The lowest BCUT2D eigenvalue weighted by Gasteiger charge is -2.03. The summed E-state index contributed by atoms with van der Waals surface area (Å²) in [5.41, 5.74) is 1.06. The maximum atomic E-state index is 4.69. The van der Waals surface area contributed by atoms with E-state index in [4.69, 9.17) is 4.98 Å². The Morgan fingerprint density at radius 3 is 2.75 bits per heavy atom. The fourth-order valence-corrected chi connectivity index (χ4v) is 3.83. The number of thiophene rings is 1. The fourth-order valence-electron chi connectivity index (χ4n) is 2.08. The third-order valence-electron chi connectivity index (χ3n) is 3.05. The number of hydrogen-bond donors (Lipinski definition) is 1. The molecule has 0 aliphatic rings. The quantitative estimate of drug-likeness (QED) is 0.799. The molecular weight excluding hydrogens is 288 g/mol. The zero-order valence-corrected chi connectivity index (χ0v) is 13.4. The first-order valence-corrected chi connectivity index (χ1v) is 8.27. The SMILES string of the molecule is CCc1cc2c(NC)nc(Cc3nc(C)cs3)nc2s1. The summed E-state index contributed by atoms with van der Waals surface area (Å²) in [6.07, 6.45) is 1.73. The van der Waals surface area contributed by atoms with Crippen molar-refractivity contribution in [2.45, 2.75) is 26.7 Å². The first-order valence-electron chi connectivity index (χ1n) is 6.57. The van der Waals surface area contributed by atoms with Gasteiger partial charge in [-0.1, -0.05) is 6.92 Å². The summed E-state index contributed by atoms with van der Waals surface area (Å²) in [6, 6.07) is 2.18. The van der Waals surface area contributed by atoms with Gasteiger partial charge < -0.3 is 5.32 Å². The van der Waals surface area contributed by atoms with Gasteiger partial charge in [0.05, 0.1) is 11.8 Å². The molecule has 0 aliphatic carbocycles. The van der Waals surface area contributed by atoms with Crippen molar-refractivity contribution in [3.63, 3.8) is 0 Å². The van der Waals surface area contributed by atoms with Gasteiger partial charge >= 0.3 is 0 Å². The summed E-state index contributed by atoms with van der Waals surface area (Å²) < 4.78 is 0. The van der Waals surface area contributed by atoms with E-state index < -0.39 is 0 Å². The summed E-state index contributed by atoms with van der Waals surface area (Å²) in [5, 5.41) is 7.42. The van der Waals surface area contributed by atoms with Crippen LogP contribution >= 0.6 is 22.7 Å². The summed E-state index contributed by atoms with van der Waals surface area (Å²) in [6.45, 7) is 4.17. The molecule has 0 radical (unpaired) electrons. The van der Waals surface area contributed by atoms with Gasteiger partial charge in [-0.05, 0) is 19.4 Å². The minimum Gasteiger partial charge on any atom is -0.372 e. The molecular formula is C14H16N4S2. The van der Waals surface area contributed by atoms with Crippen LogP contribution in [0.15, 0.2) is 11.4 Å². The van der Waals surface area contributed by atoms with E-state index in [0.717, 1.165) is 39.0 Å². The molecule has 3 rings (SSSR count). The fraction of sp³-hybridized carbons (Fsp3) is 0.357. The van der Waals surface area contributed by atoms with E-state index in [-0.39, 0.29) is 0 Å². The first-order chi connectivity index (χ1) is 9.69. The number of thiazole rings is 1. The predicted octanol–water partition coefficient (Wildman–Crippen LogP) is 3.65. The monoisotopic (exact) mass is 304 g/mol. The highest BCUT2D eigenvalue weighted by atomic mass is 32.1. The first kappa shape index (κ1) is 13.5. The highest BCUT2D eigenvalue weighted by molar-refractivity contribution is 7.18. The smallest absolute Gasteiger partial charge is 0.139 e. The Morgan fingerprint density at radius 1 is 1.25 bits per heavy atom. The van der Waals surface area contributed by atoms with Gasteiger partial charge in [-0.25, -0.2) is 15.0 Å². The number of nitrogens with one attached hydrogen (secondary N) is 1. The summed E-state index contributed by atoms with van der Waals surface area (Å²) in [4.78, 5) is 16.2. The molecule has 0 bridgehead atoms. The van der Waals surface area contributed by atoms with Crippen molar-refractivity contribution in [3.8, 4) is 0 Å². The summed E-state index contributed by atoms with van der Waals surface area (Å²) >= 11 is 3.41. The maximum Gasteiger partial charge on any atom is 0.139 e. The average molecular weight is 304 g/mol. The molecule has 0 saturated heterocycles. The molecule has 3 heterocycles. The van der Waals surface area contributed by atoms with Crippen LogP contribution in [-0.4, -0.2) is 22.0 Å². The van der Waals surface area contributed by atoms with E-state index in [9.17, 15) is 0 Å². The van der Waals surface area contributed by atoms with E-state index in [0.29, 0.717) is 6.42 Å². The second-order valence-electron chi connectivity index (χ2n) is 4.58. The minimum atomic E-state index is 0.697. The van der Waals surface area contributed by atoms with Gasteiger partial charge in [-0.15, -0.1) is 22.7 Å². The number of anilines is 1. The molecule has 0 fully saturated rings. The number of fused-ring (bicyclic) bond motifs is 1. The second-order valence-corrected chi connectivity index (χ2v) is 6.64. The van der Waals surface area contributed by atoms with Crippen molar-refractivity contribution in [3.05, 3.63) is 32.8 Å². The topological polar surface area (TPSA) is 50.7 Å². The largest absolute Gasteiger partial charge is 0.372 e. The Labute approximate surface area is 125 Å². The standard InChI is InChI=1S/C14H16N4S2/c1-4-9-5-10-13(15-3)17-11(18-14(10)20-9)6-12-16-8(2)7-19-12/h5,7H,4,6H2,1-3H3,(H,15,17,18). The number of hydrogen-bond acceptors (Lipinski definition) is 6. The van der Waals surface area contributed by atoms with Crippen molar-refractivity contribution in [1.29, 1.82) is 0 Å². The van der Waals surface area contributed by atoms with Gasteiger partial charge in [0, 0.05) is 23.0 Å². The van der Waals surface area contributed by atoms with Gasteiger partial charge in [-0.2, -0.15) is 0 Å². The van der Waals surface area contributed by atoms with Crippen LogP contribution in [0.5, 0.6) is 0 Å². The molecule has 3 aromatic heterocycles. The van der Waals surface area contributed by atoms with Crippen molar-refractivity contribution in [1.82, 2.24) is 15.0 Å². The lowest BCUT2D eigenvalue weighted by atomic mass is 10.3. The Morgan fingerprint density at radius 2 is 2.10 bits per heavy atom. The molecule has 20 heavy (non-hydrogen) atoms. The Hall–Kier alpha value is -1.53. The van der Waals surface area contributed by atoms with E-state index in [2.05, 4.69) is 33.7 Å². The molecule has 0 aromatic carbocycles. The van der Waals surface area contributed by atoms with Gasteiger partial charge in [0.2, 0.25) is 0 Å². The van der Waals surface area contributed by atoms with E-state index in [1.807, 2.05) is 14.0 Å². The van der Waals surface area contributed by atoms with E-state index in [1.165, 1.54) is 4.88 Å². The van der Waals surface area contributed by atoms with Gasteiger partial charge in [0.25, 0.3) is 0 Å². The molecule has 0 spiro atoms. The highest BCUT2D eigenvalue weighted by Gasteiger charge is 2.12. The third kappa shape index (κ3) is 2.53. The number of aromatic nitrogens is 3. The molecule has 104 valence electrons. The third-order valence-corrected chi connectivity index (χ3v) is 5.19. The zero-order chi connectivity index (χ0) is 14.1. The van der Waals surface area contributed by atoms with Crippen molar-refractivity contribution < 1.29 is 0 Å². The molecule has 6 heteroatoms. The number of aryl methyl sites for hydroxylation is 2. The van der Waals surface area contributed by atoms with E-state index in [1.54, 1.807) is 22.7 Å². The Bertz CT molecular complexity index is 745. The lowest BCUT2D eigenvalue weighted by Crippen LogP contribution is -2.01. The van der Waals surface area contributed by atoms with Gasteiger partial charge in [0.1, 0.15) is 21.5 Å². The molecule has 0 saturated carbocycles. The molecule has 1 N–H and O–H groups in total.